The number of hydrogen-bond donors (Lipinski definition) is 1. The molecule has 1 aliphatic carbocycles. The Labute approximate surface area is 147 Å². The Morgan fingerprint density at radius 1 is 1.08 bits per heavy atom. The highest BCUT2D eigenvalue weighted by atomic mass is 19.1. The lowest BCUT2D eigenvalue weighted by Crippen LogP contribution is -2.53. The SMILES string of the molecule is O=C(C1CC2CCCCC2N1)N1CCN(c2cc(F)ccc2F)CC1. The van der Waals surface area contributed by atoms with E-state index in [-0.39, 0.29) is 17.6 Å². The summed E-state index contributed by atoms with van der Waals surface area (Å²) in [7, 11) is 0. The van der Waals surface area contributed by atoms with Crippen molar-refractivity contribution in [2.75, 3.05) is 31.1 Å². The molecule has 6 heteroatoms. The third-order valence-corrected chi connectivity index (χ3v) is 6.00. The second kappa shape index (κ2) is 6.90. The van der Waals surface area contributed by atoms with Crippen LogP contribution >= 0.6 is 0 Å². The summed E-state index contributed by atoms with van der Waals surface area (Å²) in [6.07, 6.45) is 5.89. The Kier molecular flexibility index (Phi) is 4.63. The van der Waals surface area contributed by atoms with Gasteiger partial charge in [0.15, 0.2) is 0 Å². The van der Waals surface area contributed by atoms with Crippen molar-refractivity contribution < 1.29 is 13.6 Å². The highest BCUT2D eigenvalue weighted by Crippen LogP contribution is 2.34. The summed E-state index contributed by atoms with van der Waals surface area (Å²) >= 11 is 0. The van der Waals surface area contributed by atoms with Crippen LogP contribution in [0.15, 0.2) is 18.2 Å². The highest BCUT2D eigenvalue weighted by Gasteiger charge is 2.40. The van der Waals surface area contributed by atoms with E-state index in [4.69, 9.17) is 0 Å². The summed E-state index contributed by atoms with van der Waals surface area (Å²) in [6, 6.07) is 3.96. The lowest BCUT2D eigenvalue weighted by Gasteiger charge is -2.37. The fourth-order valence-corrected chi connectivity index (χ4v) is 4.63. The highest BCUT2D eigenvalue weighted by molar-refractivity contribution is 5.82. The number of nitrogens with zero attached hydrogens (tertiary/aromatic N) is 2. The molecule has 0 spiro atoms. The molecule has 0 aromatic heterocycles. The standard InChI is InChI=1S/C19H25F2N3O/c20-14-5-6-15(21)18(12-14)23-7-9-24(10-8-23)19(25)17-11-13-3-1-2-4-16(13)22-17/h5-6,12-13,16-17,22H,1-4,7-11H2. The fraction of sp³-hybridized carbons (Fsp3) is 0.632. The number of nitrogens with one attached hydrogen (secondary N) is 1. The second-order valence-electron chi connectivity index (χ2n) is 7.51. The zero-order valence-electron chi connectivity index (χ0n) is 14.4. The molecule has 1 aromatic carbocycles. The number of fused-ring (bicyclic) bond motifs is 1. The minimum atomic E-state index is -0.437. The normalized spacial score (nSPS) is 29.6. The van der Waals surface area contributed by atoms with Crippen molar-refractivity contribution in [3.05, 3.63) is 29.8 Å². The Morgan fingerprint density at radius 2 is 1.84 bits per heavy atom. The van der Waals surface area contributed by atoms with Gasteiger partial charge in [-0.2, -0.15) is 0 Å². The molecule has 1 N–H and O–H groups in total. The largest absolute Gasteiger partial charge is 0.366 e. The van der Waals surface area contributed by atoms with Gasteiger partial charge in [-0.25, -0.2) is 8.78 Å². The van der Waals surface area contributed by atoms with Crippen LogP contribution in [0.25, 0.3) is 0 Å². The van der Waals surface area contributed by atoms with E-state index in [1.165, 1.54) is 31.7 Å². The van der Waals surface area contributed by atoms with E-state index >= 15 is 0 Å². The van der Waals surface area contributed by atoms with E-state index in [1.807, 2.05) is 9.80 Å². The Balaban J connectivity index is 1.35. The number of rotatable bonds is 2. The third-order valence-electron chi connectivity index (χ3n) is 6.00. The van der Waals surface area contributed by atoms with E-state index in [0.29, 0.717) is 38.1 Å². The number of hydrogen-bond acceptors (Lipinski definition) is 3. The number of piperazine rings is 1. The molecule has 1 aromatic rings. The Hall–Kier alpha value is -1.69. The van der Waals surface area contributed by atoms with Crippen LogP contribution in [0.1, 0.15) is 32.1 Å². The molecule has 3 aliphatic rings. The van der Waals surface area contributed by atoms with Crippen molar-refractivity contribution in [1.82, 2.24) is 10.2 Å². The van der Waals surface area contributed by atoms with Crippen LogP contribution in [0.5, 0.6) is 0 Å². The zero-order chi connectivity index (χ0) is 17.4. The molecule has 0 radical (unpaired) electrons. The maximum absolute atomic E-state index is 13.9. The molecule has 25 heavy (non-hydrogen) atoms. The monoisotopic (exact) mass is 349 g/mol. The van der Waals surface area contributed by atoms with Crippen LogP contribution in [0.2, 0.25) is 0 Å². The number of anilines is 1. The van der Waals surface area contributed by atoms with Gasteiger partial charge in [0.05, 0.1) is 11.7 Å². The molecule has 136 valence electrons. The summed E-state index contributed by atoms with van der Waals surface area (Å²) in [5.41, 5.74) is 0.289. The molecule has 3 fully saturated rings. The first-order chi connectivity index (χ1) is 12.1. The van der Waals surface area contributed by atoms with Crippen LogP contribution in [0.3, 0.4) is 0 Å². The summed E-state index contributed by atoms with van der Waals surface area (Å²) in [4.78, 5) is 16.5. The molecule has 2 heterocycles. The molecule has 1 amide bonds. The quantitative estimate of drug-likeness (QED) is 0.891. The van der Waals surface area contributed by atoms with Gasteiger partial charge < -0.3 is 15.1 Å². The van der Waals surface area contributed by atoms with Gasteiger partial charge in [0.2, 0.25) is 5.91 Å². The maximum atomic E-state index is 13.9. The van der Waals surface area contributed by atoms with E-state index in [1.54, 1.807) is 0 Å². The molecule has 4 nitrogen and oxygen atoms in total. The number of carbonyl (C=O) groups excluding carboxylic acids is 1. The van der Waals surface area contributed by atoms with Crippen LogP contribution in [0.4, 0.5) is 14.5 Å². The van der Waals surface area contributed by atoms with Crippen LogP contribution in [0, 0.1) is 17.6 Å². The van der Waals surface area contributed by atoms with Crippen molar-refractivity contribution in [1.29, 1.82) is 0 Å². The average molecular weight is 349 g/mol. The van der Waals surface area contributed by atoms with Gasteiger partial charge in [-0.15, -0.1) is 0 Å². The van der Waals surface area contributed by atoms with E-state index in [2.05, 4.69) is 5.32 Å². The minimum absolute atomic E-state index is 0.0643. The first-order valence-corrected chi connectivity index (χ1v) is 9.36. The van der Waals surface area contributed by atoms with E-state index < -0.39 is 11.6 Å². The number of amides is 1. The molecule has 1 saturated carbocycles. The topological polar surface area (TPSA) is 35.6 Å². The van der Waals surface area contributed by atoms with Crippen molar-refractivity contribution in [2.45, 2.75) is 44.2 Å². The molecule has 2 aliphatic heterocycles. The van der Waals surface area contributed by atoms with Gasteiger partial charge in [0.1, 0.15) is 11.6 Å². The second-order valence-corrected chi connectivity index (χ2v) is 7.51. The van der Waals surface area contributed by atoms with E-state index in [9.17, 15) is 13.6 Å². The van der Waals surface area contributed by atoms with Crippen molar-refractivity contribution in [3.63, 3.8) is 0 Å². The van der Waals surface area contributed by atoms with Gasteiger partial charge >= 0.3 is 0 Å². The summed E-state index contributed by atoms with van der Waals surface area (Å²) in [6.45, 7) is 2.18. The van der Waals surface area contributed by atoms with Gasteiger partial charge in [-0.1, -0.05) is 12.8 Å². The summed E-state index contributed by atoms with van der Waals surface area (Å²) in [5, 5.41) is 3.54. The molecule has 2 saturated heterocycles. The van der Waals surface area contributed by atoms with Gasteiger partial charge in [0, 0.05) is 38.3 Å². The molecular formula is C19H25F2N3O. The first kappa shape index (κ1) is 16.8. The summed E-state index contributed by atoms with van der Waals surface area (Å²) in [5.74, 6) is -0.0329. The van der Waals surface area contributed by atoms with Gasteiger partial charge in [0.25, 0.3) is 0 Å². The van der Waals surface area contributed by atoms with Crippen LogP contribution < -0.4 is 10.2 Å². The third kappa shape index (κ3) is 3.36. The lowest BCUT2D eigenvalue weighted by atomic mass is 9.85. The number of halogens is 2. The van der Waals surface area contributed by atoms with Gasteiger partial charge in [-0.3, -0.25) is 4.79 Å². The average Bonchev–Trinajstić information content (AvgIpc) is 3.07. The number of benzene rings is 1. The number of carbonyl (C=O) groups is 1. The van der Waals surface area contributed by atoms with Gasteiger partial charge in [-0.05, 0) is 37.3 Å². The molecule has 4 rings (SSSR count). The van der Waals surface area contributed by atoms with Crippen molar-refractivity contribution >= 4 is 11.6 Å². The van der Waals surface area contributed by atoms with Crippen LogP contribution in [-0.2, 0) is 4.79 Å². The first-order valence-electron chi connectivity index (χ1n) is 9.36. The van der Waals surface area contributed by atoms with E-state index in [0.717, 1.165) is 18.6 Å². The molecule has 3 unspecified atom stereocenters. The predicted molar refractivity (Wildman–Crippen MR) is 92.4 cm³/mol. The van der Waals surface area contributed by atoms with Crippen molar-refractivity contribution in [2.24, 2.45) is 5.92 Å². The maximum Gasteiger partial charge on any atom is 0.239 e. The smallest absolute Gasteiger partial charge is 0.239 e. The van der Waals surface area contributed by atoms with Crippen molar-refractivity contribution in [3.8, 4) is 0 Å². The minimum Gasteiger partial charge on any atom is -0.366 e. The summed E-state index contributed by atoms with van der Waals surface area (Å²) < 4.78 is 27.3. The Morgan fingerprint density at radius 3 is 2.60 bits per heavy atom. The van der Waals surface area contributed by atoms with Crippen LogP contribution in [-0.4, -0.2) is 49.1 Å². The zero-order valence-corrected chi connectivity index (χ0v) is 14.4. The predicted octanol–water partition coefficient (Wildman–Crippen LogP) is 2.53. The molecular weight excluding hydrogens is 324 g/mol. The molecule has 0 bridgehead atoms. The fourth-order valence-electron chi connectivity index (χ4n) is 4.63. The lowest BCUT2D eigenvalue weighted by molar-refractivity contribution is -0.133. The molecule has 3 atom stereocenters. The Bertz CT molecular complexity index is 632.